The molecule has 0 spiro atoms. The van der Waals surface area contributed by atoms with Gasteiger partial charge in [0.2, 0.25) is 0 Å². The van der Waals surface area contributed by atoms with Gasteiger partial charge in [-0.3, -0.25) is 9.59 Å². The van der Waals surface area contributed by atoms with Gasteiger partial charge >= 0.3 is 0 Å². The van der Waals surface area contributed by atoms with Crippen LogP contribution in [-0.4, -0.2) is 41.5 Å². The number of Topliss-reactive ketones (excluding diaryl/α,β-unsaturated/α-hetero) is 1. The molecule has 6 heteroatoms. The molecule has 1 aliphatic heterocycles. The number of carbonyl (C=O) groups is 2. The average molecular weight is 319 g/mol. The predicted octanol–water partition coefficient (Wildman–Crippen LogP) is 0.505. The summed E-state index contributed by atoms with van der Waals surface area (Å²) in [4.78, 5) is 24.6. The number of nitrogens with zero attached hydrogens (tertiary/aromatic N) is 1. The van der Waals surface area contributed by atoms with E-state index in [1.165, 1.54) is 18.9 Å². The molecular weight excluding hydrogens is 304 g/mol. The summed E-state index contributed by atoms with van der Waals surface area (Å²) >= 11 is 0. The van der Waals surface area contributed by atoms with Crippen LogP contribution in [0, 0.1) is 5.82 Å². The third kappa shape index (κ3) is 1.98. The summed E-state index contributed by atoms with van der Waals surface area (Å²) in [6.45, 7) is 5.04. The molecule has 0 bridgehead atoms. The zero-order valence-corrected chi connectivity index (χ0v) is 12.7. The molecule has 2 unspecified atom stereocenters. The van der Waals surface area contributed by atoms with Gasteiger partial charge in [-0.15, -0.1) is 0 Å². The molecule has 0 amide bonds. The second-order valence-electron chi connectivity index (χ2n) is 5.78. The highest BCUT2D eigenvalue weighted by molar-refractivity contribution is 6.15. The number of alkyl halides is 1. The zero-order chi connectivity index (χ0) is 17.0. The Bertz CT molecular complexity index is 888. The lowest BCUT2D eigenvalue weighted by Crippen LogP contribution is -2.52. The van der Waals surface area contributed by atoms with E-state index in [1.54, 1.807) is 0 Å². The van der Waals surface area contributed by atoms with Gasteiger partial charge in [0.05, 0.1) is 5.56 Å². The van der Waals surface area contributed by atoms with Crippen LogP contribution in [0.4, 0.5) is 8.78 Å². The molecule has 120 valence electrons. The van der Waals surface area contributed by atoms with Gasteiger partial charge in [0.25, 0.3) is 0 Å². The van der Waals surface area contributed by atoms with E-state index >= 15 is 0 Å². The molecule has 3 rings (SSSR count). The fourth-order valence-corrected chi connectivity index (χ4v) is 3.33. The average Bonchev–Trinajstić information content (AvgIpc) is 2.50. The van der Waals surface area contributed by atoms with Crippen LogP contribution in [-0.2, 0) is 4.79 Å². The van der Waals surface area contributed by atoms with Crippen LogP contribution >= 0.6 is 0 Å². The molecule has 1 N–H and O–H groups in total. The number of carbonyl (C=O) groups excluding carboxylic acids is 2. The first kappa shape index (κ1) is 15.6. The number of ketones is 1. The van der Waals surface area contributed by atoms with E-state index in [0.717, 1.165) is 6.07 Å². The van der Waals surface area contributed by atoms with Gasteiger partial charge in [0.1, 0.15) is 12.0 Å². The van der Waals surface area contributed by atoms with Crippen LogP contribution in [0.1, 0.15) is 29.3 Å². The summed E-state index contributed by atoms with van der Waals surface area (Å²) in [6, 6.07) is 1.10. The summed E-state index contributed by atoms with van der Waals surface area (Å²) in [7, 11) is 1.52. The molecule has 2 atom stereocenters. The van der Waals surface area contributed by atoms with Crippen molar-refractivity contribution in [3.63, 3.8) is 0 Å². The lowest BCUT2D eigenvalue weighted by molar-refractivity contribution is -0.112. The highest BCUT2D eigenvalue weighted by atomic mass is 19.1. The molecule has 23 heavy (non-hydrogen) atoms. The van der Waals surface area contributed by atoms with E-state index in [2.05, 4.69) is 6.58 Å². The Morgan fingerprint density at radius 1 is 1.48 bits per heavy atom. The summed E-state index contributed by atoms with van der Waals surface area (Å²) in [5, 5.41) is 10.7. The first-order valence-corrected chi connectivity index (χ1v) is 7.09. The second-order valence-corrected chi connectivity index (χ2v) is 5.78. The second kappa shape index (κ2) is 5.09. The van der Waals surface area contributed by atoms with E-state index in [1.807, 2.05) is 0 Å². The van der Waals surface area contributed by atoms with Crippen LogP contribution < -0.4 is 10.4 Å². The summed E-state index contributed by atoms with van der Waals surface area (Å²) in [5.74, 6) is -1.23. The Morgan fingerprint density at radius 3 is 2.70 bits per heavy atom. The largest absolute Gasteiger partial charge is 0.369 e. The van der Waals surface area contributed by atoms with Crippen molar-refractivity contribution < 1.29 is 23.5 Å². The lowest BCUT2D eigenvalue weighted by atomic mass is 9.83. The van der Waals surface area contributed by atoms with E-state index in [0.29, 0.717) is 12.0 Å². The Morgan fingerprint density at radius 2 is 2.13 bits per heavy atom. The molecule has 0 fully saturated rings. The van der Waals surface area contributed by atoms with Crippen molar-refractivity contribution in [2.24, 2.45) is 0 Å². The first-order valence-electron chi connectivity index (χ1n) is 7.09. The SMILES string of the molecule is C=C1c2cc(F)c(C=O)c3c2=C(C(F)CC=3C(C)=O)C(O)N1C. The van der Waals surface area contributed by atoms with Crippen molar-refractivity contribution in [1.29, 1.82) is 0 Å². The Balaban J connectivity index is 2.67. The number of aliphatic hydroxyl groups is 1. The molecule has 1 heterocycles. The number of hydrogen-bond donors (Lipinski definition) is 1. The minimum Gasteiger partial charge on any atom is -0.369 e. The summed E-state index contributed by atoms with van der Waals surface area (Å²) < 4.78 is 29.0. The monoisotopic (exact) mass is 319 g/mol. The maximum Gasteiger partial charge on any atom is 0.156 e. The number of halogens is 2. The van der Waals surface area contributed by atoms with Gasteiger partial charge in [-0.2, -0.15) is 0 Å². The predicted molar refractivity (Wildman–Crippen MR) is 80.9 cm³/mol. The lowest BCUT2D eigenvalue weighted by Gasteiger charge is -2.37. The van der Waals surface area contributed by atoms with Gasteiger partial charge in [-0.25, -0.2) is 8.78 Å². The molecule has 2 aliphatic rings. The van der Waals surface area contributed by atoms with Gasteiger partial charge < -0.3 is 10.0 Å². The van der Waals surface area contributed by atoms with Crippen LogP contribution in [0.5, 0.6) is 0 Å². The Kier molecular flexibility index (Phi) is 3.44. The molecule has 0 saturated heterocycles. The summed E-state index contributed by atoms with van der Waals surface area (Å²) in [5.41, 5.74) is 0.391. The number of benzene rings is 1. The van der Waals surface area contributed by atoms with Gasteiger partial charge in [0.15, 0.2) is 18.3 Å². The number of aliphatic hydroxyl groups excluding tert-OH is 1. The molecule has 4 nitrogen and oxygen atoms in total. The Hall–Kier alpha value is -2.34. The van der Waals surface area contributed by atoms with Crippen molar-refractivity contribution in [1.82, 2.24) is 4.90 Å². The maximum absolute atomic E-state index is 14.6. The normalized spacial score (nSPS) is 23.0. The van der Waals surface area contributed by atoms with E-state index in [-0.39, 0.29) is 39.1 Å². The van der Waals surface area contributed by atoms with Crippen LogP contribution in [0.15, 0.2) is 12.6 Å². The third-order valence-electron chi connectivity index (χ3n) is 4.55. The molecule has 1 aromatic rings. The molecule has 0 aromatic heterocycles. The van der Waals surface area contributed by atoms with E-state index in [9.17, 15) is 23.5 Å². The van der Waals surface area contributed by atoms with E-state index < -0.39 is 24.0 Å². The van der Waals surface area contributed by atoms with Gasteiger partial charge in [-0.05, 0) is 18.2 Å². The van der Waals surface area contributed by atoms with Crippen molar-refractivity contribution in [2.75, 3.05) is 7.05 Å². The molecule has 0 saturated carbocycles. The quantitative estimate of drug-likeness (QED) is 0.807. The van der Waals surface area contributed by atoms with Crippen LogP contribution in [0.3, 0.4) is 0 Å². The highest BCUT2D eigenvalue weighted by Gasteiger charge is 2.36. The van der Waals surface area contributed by atoms with Crippen molar-refractivity contribution >= 4 is 28.9 Å². The number of aldehydes is 1. The molecule has 1 aliphatic carbocycles. The minimum atomic E-state index is -1.59. The third-order valence-corrected chi connectivity index (χ3v) is 4.55. The van der Waals surface area contributed by atoms with Gasteiger partial charge in [0, 0.05) is 41.1 Å². The number of hydrogen-bond acceptors (Lipinski definition) is 4. The van der Waals surface area contributed by atoms with Crippen molar-refractivity contribution in [2.45, 2.75) is 25.7 Å². The zero-order valence-electron chi connectivity index (χ0n) is 12.7. The highest BCUT2D eigenvalue weighted by Crippen LogP contribution is 2.31. The summed E-state index contributed by atoms with van der Waals surface area (Å²) in [6.07, 6.45) is -2.84. The fourth-order valence-electron chi connectivity index (χ4n) is 3.33. The van der Waals surface area contributed by atoms with E-state index in [4.69, 9.17) is 0 Å². The van der Waals surface area contributed by atoms with Crippen LogP contribution in [0.2, 0.25) is 0 Å². The smallest absolute Gasteiger partial charge is 0.156 e. The van der Waals surface area contributed by atoms with Crippen molar-refractivity contribution in [3.8, 4) is 0 Å². The maximum atomic E-state index is 14.6. The molecular formula is C17H15F2NO3. The standard InChI is InChI=1S/C17H15F2NO3/c1-7-9-4-12(18)11(6-21)14-10(8(2)22)5-13(19)16(15(9)14)17(23)20(7)3/h4,6,13,17,23H,1,5H2,2-3H3. The first-order chi connectivity index (χ1) is 10.8. The molecule has 0 radical (unpaired) electrons. The molecule has 1 aromatic carbocycles. The Labute approximate surface area is 131 Å². The minimum absolute atomic E-state index is 0.0398. The van der Waals surface area contributed by atoms with Crippen LogP contribution in [0.25, 0.3) is 16.8 Å². The number of rotatable bonds is 2. The van der Waals surface area contributed by atoms with Crippen molar-refractivity contribution in [3.05, 3.63) is 40.0 Å². The topological polar surface area (TPSA) is 57.6 Å². The fraction of sp³-hybridized carbons (Fsp3) is 0.294. The van der Waals surface area contributed by atoms with Gasteiger partial charge in [-0.1, -0.05) is 6.58 Å².